The molecule has 0 radical (unpaired) electrons. The first kappa shape index (κ1) is 24.6. The summed E-state index contributed by atoms with van der Waals surface area (Å²) in [5, 5.41) is 15.1. The number of nitrogens with one attached hydrogen (secondary N) is 1. The zero-order valence-electron chi connectivity index (χ0n) is 20.1. The molecule has 11 nitrogen and oxygen atoms in total. The number of esters is 1. The summed E-state index contributed by atoms with van der Waals surface area (Å²) >= 11 is 0. The number of carbonyl (C=O) groups excluding carboxylic acids is 1. The number of carbonyl (C=O) groups is 1. The first-order valence-corrected chi connectivity index (χ1v) is 12.2. The third kappa shape index (κ3) is 6.36. The summed E-state index contributed by atoms with van der Waals surface area (Å²) in [6, 6.07) is 8.26. The van der Waals surface area contributed by atoms with Gasteiger partial charge in [0.15, 0.2) is 0 Å². The van der Waals surface area contributed by atoms with E-state index in [0.29, 0.717) is 0 Å². The number of rotatable bonds is 11. The normalized spacial score (nSPS) is 16.0. The molecule has 2 aliphatic rings. The number of nitrogens with zero attached hydrogens (tertiary/aromatic N) is 5. The van der Waals surface area contributed by atoms with Crippen LogP contribution < -0.4 is 16.0 Å². The van der Waals surface area contributed by atoms with Gasteiger partial charge in [-0.05, 0) is 63.2 Å². The average molecular weight is 484 g/mol. The highest BCUT2D eigenvalue weighted by Gasteiger charge is 2.30. The highest BCUT2D eigenvalue weighted by atomic mass is 16.6. The molecule has 3 N–H and O–H groups in total. The molecule has 2 aromatic rings. The Morgan fingerprint density at radius 3 is 2.66 bits per heavy atom. The van der Waals surface area contributed by atoms with Crippen LogP contribution in [0.15, 0.2) is 24.3 Å². The van der Waals surface area contributed by atoms with Gasteiger partial charge in [-0.25, -0.2) is 0 Å². The van der Waals surface area contributed by atoms with E-state index in [4.69, 9.17) is 10.5 Å². The molecule has 1 saturated carbocycles. The number of likely N-dealkylation sites (tertiary alicyclic amines) is 1. The van der Waals surface area contributed by atoms with Crippen LogP contribution in [0.2, 0.25) is 0 Å². The third-order valence-electron chi connectivity index (χ3n) is 6.41. The van der Waals surface area contributed by atoms with Crippen molar-refractivity contribution in [3.63, 3.8) is 0 Å². The lowest BCUT2D eigenvalue weighted by molar-refractivity contribution is -0.383. The van der Waals surface area contributed by atoms with E-state index in [1.807, 2.05) is 12.1 Å². The molecule has 0 atom stereocenters. The van der Waals surface area contributed by atoms with Gasteiger partial charge in [0.25, 0.3) is 0 Å². The molecule has 1 aliphatic heterocycles. The smallest absolute Gasteiger partial charge is 0.353 e. The Morgan fingerprint density at radius 2 is 2.00 bits per heavy atom. The minimum absolute atomic E-state index is 0.00215. The Kier molecular flexibility index (Phi) is 7.96. The molecule has 188 valence electrons. The second-order valence-electron chi connectivity index (χ2n) is 9.10. The Morgan fingerprint density at radius 1 is 1.26 bits per heavy atom. The van der Waals surface area contributed by atoms with Crippen LogP contribution in [0.25, 0.3) is 0 Å². The fraction of sp³-hybridized carbons (Fsp3) is 0.542. The van der Waals surface area contributed by atoms with Crippen LogP contribution in [-0.4, -0.2) is 58.0 Å². The molecule has 35 heavy (non-hydrogen) atoms. The molecule has 1 aromatic heterocycles. The predicted molar refractivity (Wildman–Crippen MR) is 133 cm³/mol. The first-order chi connectivity index (χ1) is 16.9. The van der Waals surface area contributed by atoms with Gasteiger partial charge < -0.3 is 20.7 Å². The largest absolute Gasteiger partial charge is 0.465 e. The van der Waals surface area contributed by atoms with E-state index in [2.05, 4.69) is 32.3 Å². The van der Waals surface area contributed by atoms with Gasteiger partial charge in [-0.1, -0.05) is 24.3 Å². The lowest BCUT2D eigenvalue weighted by Gasteiger charge is -2.28. The lowest BCUT2D eigenvalue weighted by Crippen LogP contribution is -2.33. The molecular formula is C24H33N7O4. The monoisotopic (exact) mass is 483 g/mol. The van der Waals surface area contributed by atoms with Gasteiger partial charge in [-0.2, -0.15) is 9.97 Å². The number of nitro groups is 1. The van der Waals surface area contributed by atoms with Crippen LogP contribution in [0.4, 0.5) is 23.3 Å². The molecule has 1 aromatic carbocycles. The molecule has 4 rings (SSSR count). The summed E-state index contributed by atoms with van der Waals surface area (Å²) in [6.45, 7) is 4.97. The summed E-state index contributed by atoms with van der Waals surface area (Å²) in [6.07, 6.45) is 5.49. The number of benzene rings is 1. The number of hydrogen-bond donors (Lipinski definition) is 2. The second-order valence-corrected chi connectivity index (χ2v) is 9.10. The highest BCUT2D eigenvalue weighted by molar-refractivity contribution is 5.79. The standard InChI is InChI=1S/C24H33N7O4/c1-2-35-20(32)16-30(15-18-8-5-7-17(13-18)14-29-11-3-4-12-29)23-21(31(33)34)22(25)27-24(28-23)26-19-9-6-10-19/h5,7-8,13,19H,2-4,6,9-12,14-16H2,1H3,(H3,25,26,27,28). The Hall–Kier alpha value is -3.47. The molecule has 11 heteroatoms. The maximum absolute atomic E-state index is 12.5. The van der Waals surface area contributed by atoms with Crippen LogP contribution in [0.5, 0.6) is 0 Å². The zero-order chi connectivity index (χ0) is 24.8. The van der Waals surface area contributed by atoms with E-state index in [1.54, 1.807) is 11.8 Å². The van der Waals surface area contributed by atoms with Crippen LogP contribution in [-0.2, 0) is 22.6 Å². The van der Waals surface area contributed by atoms with Crippen molar-refractivity contribution in [3.05, 3.63) is 45.5 Å². The van der Waals surface area contributed by atoms with E-state index in [9.17, 15) is 14.9 Å². The van der Waals surface area contributed by atoms with Crippen molar-refractivity contribution in [1.29, 1.82) is 0 Å². The van der Waals surface area contributed by atoms with Crippen molar-refractivity contribution in [2.75, 3.05) is 42.2 Å². The summed E-state index contributed by atoms with van der Waals surface area (Å²) in [5.41, 5.74) is 7.66. The van der Waals surface area contributed by atoms with Gasteiger partial charge in [0.1, 0.15) is 6.54 Å². The van der Waals surface area contributed by atoms with E-state index in [-0.39, 0.29) is 43.3 Å². The summed E-state index contributed by atoms with van der Waals surface area (Å²) in [4.78, 5) is 36.3. The quantitative estimate of drug-likeness (QED) is 0.278. The SMILES string of the molecule is CCOC(=O)CN(Cc1cccc(CN2CCCC2)c1)c1nc(NC2CCC2)nc(N)c1[N+](=O)[O-]. The number of ether oxygens (including phenoxy) is 1. The number of hydrogen-bond acceptors (Lipinski definition) is 10. The number of nitrogens with two attached hydrogens (primary N) is 1. The Labute approximate surface area is 204 Å². The Bertz CT molecular complexity index is 1050. The fourth-order valence-electron chi connectivity index (χ4n) is 4.47. The average Bonchev–Trinajstić information content (AvgIpc) is 3.28. The second kappa shape index (κ2) is 11.3. The highest BCUT2D eigenvalue weighted by Crippen LogP contribution is 2.34. The fourth-order valence-corrected chi connectivity index (χ4v) is 4.47. The maximum atomic E-state index is 12.5. The van der Waals surface area contributed by atoms with Gasteiger partial charge in [0, 0.05) is 19.1 Å². The summed E-state index contributed by atoms with van der Waals surface area (Å²) in [7, 11) is 0. The van der Waals surface area contributed by atoms with Crippen molar-refractivity contribution >= 4 is 29.2 Å². The van der Waals surface area contributed by atoms with Crippen molar-refractivity contribution < 1.29 is 14.5 Å². The van der Waals surface area contributed by atoms with Gasteiger partial charge >= 0.3 is 11.7 Å². The summed E-state index contributed by atoms with van der Waals surface area (Å²) < 4.78 is 5.15. The van der Waals surface area contributed by atoms with Gasteiger partial charge in [-0.15, -0.1) is 0 Å². The number of anilines is 3. The van der Waals surface area contributed by atoms with Crippen LogP contribution in [0.1, 0.15) is 50.2 Å². The van der Waals surface area contributed by atoms with Crippen molar-refractivity contribution in [3.8, 4) is 0 Å². The molecule has 1 saturated heterocycles. The van der Waals surface area contributed by atoms with E-state index >= 15 is 0 Å². The zero-order valence-corrected chi connectivity index (χ0v) is 20.1. The molecule has 2 heterocycles. The molecule has 2 fully saturated rings. The van der Waals surface area contributed by atoms with Crippen molar-refractivity contribution in [2.45, 2.75) is 58.2 Å². The molecule has 0 spiro atoms. The molecule has 1 aliphatic carbocycles. The molecule has 0 unspecified atom stereocenters. The van der Waals surface area contributed by atoms with Crippen LogP contribution in [0, 0.1) is 10.1 Å². The van der Waals surface area contributed by atoms with Gasteiger partial charge in [-0.3, -0.25) is 19.8 Å². The summed E-state index contributed by atoms with van der Waals surface area (Å²) in [5.74, 6) is -0.508. The van der Waals surface area contributed by atoms with E-state index in [0.717, 1.165) is 50.0 Å². The van der Waals surface area contributed by atoms with Crippen molar-refractivity contribution in [2.24, 2.45) is 0 Å². The molecule has 0 bridgehead atoms. The predicted octanol–water partition coefficient (Wildman–Crippen LogP) is 3.10. The van der Waals surface area contributed by atoms with Gasteiger partial charge in [0.05, 0.1) is 11.5 Å². The minimum Gasteiger partial charge on any atom is -0.465 e. The minimum atomic E-state index is -0.597. The maximum Gasteiger partial charge on any atom is 0.353 e. The van der Waals surface area contributed by atoms with Crippen LogP contribution in [0.3, 0.4) is 0 Å². The Balaban J connectivity index is 1.65. The van der Waals surface area contributed by atoms with E-state index < -0.39 is 16.6 Å². The van der Waals surface area contributed by atoms with Crippen molar-refractivity contribution in [1.82, 2.24) is 14.9 Å². The number of nitrogen functional groups attached to an aromatic ring is 1. The third-order valence-corrected chi connectivity index (χ3v) is 6.41. The van der Waals surface area contributed by atoms with Gasteiger partial charge in [0.2, 0.25) is 17.6 Å². The molecular weight excluding hydrogens is 450 g/mol. The first-order valence-electron chi connectivity index (χ1n) is 12.2. The lowest BCUT2D eigenvalue weighted by atomic mass is 9.93. The topological polar surface area (TPSA) is 140 Å². The van der Waals surface area contributed by atoms with E-state index in [1.165, 1.54) is 12.8 Å². The molecule has 0 amide bonds. The number of aromatic nitrogens is 2. The van der Waals surface area contributed by atoms with Crippen LogP contribution >= 0.6 is 0 Å².